The van der Waals surface area contributed by atoms with E-state index in [-0.39, 0.29) is 30.7 Å². The Morgan fingerprint density at radius 1 is 0.821 bits per heavy atom. The molecular formula is C30H36N6O3. The van der Waals surface area contributed by atoms with Gasteiger partial charge in [0.1, 0.15) is 6.04 Å². The number of nitrogens with zero attached hydrogens (tertiary/aromatic N) is 2. The van der Waals surface area contributed by atoms with Crippen molar-refractivity contribution in [3.8, 4) is 0 Å². The van der Waals surface area contributed by atoms with Gasteiger partial charge in [0.2, 0.25) is 17.7 Å². The van der Waals surface area contributed by atoms with Gasteiger partial charge in [0.05, 0.1) is 12.3 Å². The lowest BCUT2D eigenvalue weighted by Gasteiger charge is -2.33. The number of guanidine groups is 1. The van der Waals surface area contributed by atoms with Gasteiger partial charge in [-0.1, -0.05) is 84.9 Å². The summed E-state index contributed by atoms with van der Waals surface area (Å²) in [5.41, 5.74) is 20.0. The average molecular weight is 529 g/mol. The van der Waals surface area contributed by atoms with Crippen molar-refractivity contribution in [3.63, 3.8) is 0 Å². The van der Waals surface area contributed by atoms with Crippen LogP contribution in [0.15, 0.2) is 89.9 Å². The van der Waals surface area contributed by atoms with Crippen molar-refractivity contribution in [1.82, 2.24) is 10.2 Å². The van der Waals surface area contributed by atoms with Gasteiger partial charge in [-0.3, -0.25) is 19.4 Å². The number of benzene rings is 3. The van der Waals surface area contributed by atoms with Crippen LogP contribution in [-0.2, 0) is 27.3 Å². The van der Waals surface area contributed by atoms with E-state index >= 15 is 0 Å². The zero-order valence-electron chi connectivity index (χ0n) is 22.1. The molecule has 9 heteroatoms. The Kier molecular flexibility index (Phi) is 10.6. The van der Waals surface area contributed by atoms with Crippen molar-refractivity contribution in [2.24, 2.45) is 22.2 Å². The third-order valence-corrected chi connectivity index (χ3v) is 6.45. The van der Waals surface area contributed by atoms with E-state index in [2.05, 4.69) is 10.3 Å². The van der Waals surface area contributed by atoms with Crippen LogP contribution in [0.5, 0.6) is 0 Å². The van der Waals surface area contributed by atoms with Crippen LogP contribution in [0.25, 0.3) is 0 Å². The summed E-state index contributed by atoms with van der Waals surface area (Å²) in [4.78, 5) is 44.5. The van der Waals surface area contributed by atoms with Gasteiger partial charge in [-0.25, -0.2) is 0 Å². The second-order valence-corrected chi connectivity index (χ2v) is 9.25. The molecule has 204 valence electrons. The number of likely N-dealkylation sites (N-methyl/N-ethyl adjacent to an activating group) is 1. The van der Waals surface area contributed by atoms with Crippen molar-refractivity contribution >= 4 is 23.7 Å². The highest BCUT2D eigenvalue weighted by Gasteiger charge is 2.34. The number of carbonyl (C=O) groups excluding carboxylic acids is 3. The highest BCUT2D eigenvalue weighted by Crippen LogP contribution is 2.29. The van der Waals surface area contributed by atoms with Crippen molar-refractivity contribution in [3.05, 3.63) is 107 Å². The molecule has 9 nitrogen and oxygen atoms in total. The fourth-order valence-electron chi connectivity index (χ4n) is 4.45. The molecule has 0 saturated carbocycles. The molecule has 0 aliphatic rings. The third kappa shape index (κ3) is 8.43. The molecular weight excluding hydrogens is 492 g/mol. The minimum Gasteiger partial charge on any atom is -0.370 e. The smallest absolute Gasteiger partial charge is 0.240 e. The monoisotopic (exact) mass is 528 g/mol. The molecule has 0 unspecified atom stereocenters. The Morgan fingerprint density at radius 3 is 1.85 bits per heavy atom. The van der Waals surface area contributed by atoms with Crippen molar-refractivity contribution in [2.45, 2.75) is 37.8 Å². The zero-order chi connectivity index (χ0) is 28.2. The molecule has 39 heavy (non-hydrogen) atoms. The molecule has 3 aromatic rings. The number of rotatable bonds is 13. The van der Waals surface area contributed by atoms with E-state index in [4.69, 9.17) is 17.2 Å². The first-order chi connectivity index (χ1) is 18.8. The van der Waals surface area contributed by atoms with E-state index in [1.54, 1.807) is 11.9 Å². The number of carbonyl (C=O) groups is 3. The van der Waals surface area contributed by atoms with E-state index in [0.717, 1.165) is 22.3 Å². The van der Waals surface area contributed by atoms with E-state index in [1.807, 2.05) is 84.9 Å². The normalized spacial score (nSPS) is 11.4. The molecule has 0 aliphatic carbocycles. The Balaban J connectivity index is 1.99. The van der Waals surface area contributed by atoms with Crippen molar-refractivity contribution in [1.29, 1.82) is 0 Å². The standard InChI is InChI=1S/C30H36N6O3/c1-34-26(37)19-21-14-16-22(17-15-21)20-36(25(28(31)38)13-8-18-35-30(32)33)29(39)27(23-9-4-2-5-10-23)24-11-6-3-7-12-24/h2-7,9-12,14-17,25,27H,8,13,18-20H2,1H3,(H2,31,38)(H,34,37)(H4,32,33,35)/t25-/m1/s1. The molecule has 0 fully saturated rings. The first kappa shape index (κ1) is 28.9. The Hall–Kier alpha value is -4.66. The summed E-state index contributed by atoms with van der Waals surface area (Å²) < 4.78 is 0. The molecule has 0 aliphatic heterocycles. The summed E-state index contributed by atoms with van der Waals surface area (Å²) in [6.07, 6.45) is 1.00. The van der Waals surface area contributed by atoms with E-state index in [0.29, 0.717) is 19.4 Å². The molecule has 3 aromatic carbocycles. The summed E-state index contributed by atoms with van der Waals surface area (Å²) in [7, 11) is 1.59. The van der Waals surface area contributed by atoms with E-state index in [1.165, 1.54) is 0 Å². The van der Waals surface area contributed by atoms with Crippen LogP contribution in [0, 0.1) is 0 Å². The molecule has 3 amide bonds. The van der Waals surface area contributed by atoms with Crippen molar-refractivity contribution in [2.75, 3.05) is 13.6 Å². The second-order valence-electron chi connectivity index (χ2n) is 9.25. The quantitative estimate of drug-likeness (QED) is 0.152. The van der Waals surface area contributed by atoms with Crippen LogP contribution >= 0.6 is 0 Å². The fourth-order valence-corrected chi connectivity index (χ4v) is 4.45. The molecule has 3 rings (SSSR count). The third-order valence-electron chi connectivity index (χ3n) is 6.45. The largest absolute Gasteiger partial charge is 0.370 e. The lowest BCUT2D eigenvalue weighted by atomic mass is 9.89. The highest BCUT2D eigenvalue weighted by atomic mass is 16.2. The van der Waals surface area contributed by atoms with Gasteiger partial charge < -0.3 is 27.4 Å². The zero-order valence-corrected chi connectivity index (χ0v) is 22.1. The summed E-state index contributed by atoms with van der Waals surface area (Å²) in [6, 6.07) is 25.5. The predicted molar refractivity (Wildman–Crippen MR) is 152 cm³/mol. The van der Waals surface area contributed by atoms with Crippen LogP contribution in [-0.4, -0.2) is 48.2 Å². The number of aliphatic imine (C=N–C) groups is 1. The summed E-state index contributed by atoms with van der Waals surface area (Å²) >= 11 is 0. The maximum atomic E-state index is 14.4. The maximum absolute atomic E-state index is 14.4. The van der Waals surface area contributed by atoms with Crippen molar-refractivity contribution < 1.29 is 14.4 Å². The van der Waals surface area contributed by atoms with Gasteiger partial charge in [0.25, 0.3) is 0 Å². The van der Waals surface area contributed by atoms with Crippen LogP contribution in [0.3, 0.4) is 0 Å². The molecule has 1 atom stereocenters. The van der Waals surface area contributed by atoms with E-state index in [9.17, 15) is 14.4 Å². The summed E-state index contributed by atoms with van der Waals surface area (Å²) in [6.45, 7) is 0.467. The van der Waals surface area contributed by atoms with Gasteiger partial charge in [-0.05, 0) is 35.1 Å². The molecule has 0 radical (unpaired) electrons. The molecule has 0 saturated heterocycles. The first-order valence-electron chi connectivity index (χ1n) is 12.8. The lowest BCUT2D eigenvalue weighted by Crippen LogP contribution is -2.49. The number of nitrogens with two attached hydrogens (primary N) is 3. The predicted octanol–water partition coefficient (Wildman–Crippen LogP) is 2.04. The number of hydrogen-bond donors (Lipinski definition) is 4. The summed E-state index contributed by atoms with van der Waals surface area (Å²) in [5, 5.41) is 2.61. The van der Waals surface area contributed by atoms with Gasteiger partial charge in [-0.15, -0.1) is 0 Å². The Morgan fingerprint density at radius 2 is 1.36 bits per heavy atom. The van der Waals surface area contributed by atoms with Gasteiger partial charge in [-0.2, -0.15) is 0 Å². The van der Waals surface area contributed by atoms with Crippen LogP contribution in [0.1, 0.15) is 41.0 Å². The van der Waals surface area contributed by atoms with Gasteiger partial charge in [0.15, 0.2) is 5.96 Å². The van der Waals surface area contributed by atoms with E-state index < -0.39 is 17.9 Å². The topological polar surface area (TPSA) is 157 Å². The Bertz CT molecular complexity index is 1220. The van der Waals surface area contributed by atoms with Crippen LogP contribution < -0.4 is 22.5 Å². The van der Waals surface area contributed by atoms with Gasteiger partial charge >= 0.3 is 0 Å². The SMILES string of the molecule is CNC(=O)Cc1ccc(CN(C(=O)C(c2ccccc2)c2ccccc2)[C@H](CCCN=C(N)N)C(N)=O)cc1. The van der Waals surface area contributed by atoms with Crippen LogP contribution in [0.2, 0.25) is 0 Å². The molecule has 0 bridgehead atoms. The number of nitrogens with one attached hydrogen (secondary N) is 1. The second kappa shape index (κ2) is 14.3. The number of amides is 3. The molecule has 0 heterocycles. The van der Waals surface area contributed by atoms with Crippen LogP contribution in [0.4, 0.5) is 0 Å². The fraction of sp³-hybridized carbons (Fsp3) is 0.267. The Labute approximate surface area is 229 Å². The first-order valence-corrected chi connectivity index (χ1v) is 12.8. The lowest BCUT2D eigenvalue weighted by molar-refractivity contribution is -0.141. The van der Waals surface area contributed by atoms with Gasteiger partial charge in [0, 0.05) is 20.1 Å². The highest BCUT2D eigenvalue weighted by molar-refractivity contribution is 5.92. The molecule has 7 N–H and O–H groups in total. The average Bonchev–Trinajstić information content (AvgIpc) is 2.94. The molecule has 0 spiro atoms. The number of primary amides is 1. The maximum Gasteiger partial charge on any atom is 0.240 e. The molecule has 0 aromatic heterocycles. The summed E-state index contributed by atoms with van der Waals surface area (Å²) in [5.74, 6) is -1.62. The minimum absolute atomic E-state index is 0.0383. The number of hydrogen-bond acceptors (Lipinski definition) is 4. The minimum atomic E-state index is -0.882.